The smallest absolute Gasteiger partial charge is 0.122 e. The second kappa shape index (κ2) is 2.74. The number of fused-ring (bicyclic) bond motifs is 1. The largest absolute Gasteiger partial charge is 0.493 e. The quantitative estimate of drug-likeness (QED) is 0.585. The molecular formula is C9H9ClO. The summed E-state index contributed by atoms with van der Waals surface area (Å²) < 4.78 is 5.35. The number of benzene rings is 1. The van der Waals surface area contributed by atoms with Gasteiger partial charge in [-0.25, -0.2) is 0 Å². The first-order valence-corrected chi connectivity index (χ1v) is 4.24. The lowest BCUT2D eigenvalue weighted by atomic mass is 10.1. The van der Waals surface area contributed by atoms with E-state index in [4.69, 9.17) is 16.3 Å². The lowest BCUT2D eigenvalue weighted by Gasteiger charge is -1.99. The number of ether oxygens (including phenoxy) is 1. The first-order valence-electron chi connectivity index (χ1n) is 3.71. The van der Waals surface area contributed by atoms with Crippen LogP contribution in [0, 0.1) is 0 Å². The maximum absolute atomic E-state index is 5.69. The lowest BCUT2D eigenvalue weighted by molar-refractivity contribution is 0.357. The van der Waals surface area contributed by atoms with Gasteiger partial charge in [-0.2, -0.15) is 0 Å². The van der Waals surface area contributed by atoms with Gasteiger partial charge in [-0.05, 0) is 17.2 Å². The van der Waals surface area contributed by atoms with Crippen LogP contribution in [0.1, 0.15) is 11.1 Å². The Kier molecular flexibility index (Phi) is 1.74. The van der Waals surface area contributed by atoms with E-state index in [9.17, 15) is 0 Å². The van der Waals surface area contributed by atoms with Crippen LogP contribution in [-0.2, 0) is 12.3 Å². The van der Waals surface area contributed by atoms with Gasteiger partial charge in [-0.1, -0.05) is 12.1 Å². The van der Waals surface area contributed by atoms with Crippen molar-refractivity contribution in [3.63, 3.8) is 0 Å². The summed E-state index contributed by atoms with van der Waals surface area (Å²) in [5.74, 6) is 1.62. The Labute approximate surface area is 70.9 Å². The lowest BCUT2D eigenvalue weighted by Crippen LogP contribution is -1.85. The van der Waals surface area contributed by atoms with Gasteiger partial charge in [-0.15, -0.1) is 11.6 Å². The zero-order valence-corrected chi connectivity index (χ0v) is 6.90. The number of hydrogen-bond donors (Lipinski definition) is 0. The summed E-state index contributed by atoms with van der Waals surface area (Å²) >= 11 is 5.69. The summed E-state index contributed by atoms with van der Waals surface area (Å²) in [6.07, 6.45) is 1.03. The van der Waals surface area contributed by atoms with Gasteiger partial charge in [0, 0.05) is 12.3 Å². The first-order chi connectivity index (χ1) is 5.40. The molecule has 0 spiro atoms. The molecule has 11 heavy (non-hydrogen) atoms. The molecule has 1 aromatic carbocycles. The molecule has 1 nitrogen and oxygen atoms in total. The fourth-order valence-corrected chi connectivity index (χ4v) is 1.49. The van der Waals surface area contributed by atoms with Crippen molar-refractivity contribution in [3.8, 4) is 5.75 Å². The Morgan fingerprint density at radius 1 is 1.45 bits per heavy atom. The predicted octanol–water partition coefficient (Wildman–Crippen LogP) is 2.36. The van der Waals surface area contributed by atoms with Crippen molar-refractivity contribution < 1.29 is 4.74 Å². The molecule has 0 bridgehead atoms. The molecule has 2 rings (SSSR count). The fourth-order valence-electron chi connectivity index (χ4n) is 1.32. The number of alkyl halides is 1. The van der Waals surface area contributed by atoms with Crippen LogP contribution in [-0.4, -0.2) is 6.61 Å². The molecule has 0 amide bonds. The van der Waals surface area contributed by atoms with E-state index < -0.39 is 0 Å². The Hall–Kier alpha value is -0.690. The van der Waals surface area contributed by atoms with Crippen LogP contribution < -0.4 is 4.74 Å². The van der Waals surface area contributed by atoms with Crippen LogP contribution in [0.25, 0.3) is 0 Å². The second-order valence-electron chi connectivity index (χ2n) is 2.67. The van der Waals surface area contributed by atoms with E-state index in [1.807, 2.05) is 12.1 Å². The highest BCUT2D eigenvalue weighted by atomic mass is 35.5. The van der Waals surface area contributed by atoms with E-state index in [1.165, 1.54) is 11.1 Å². The summed E-state index contributed by atoms with van der Waals surface area (Å²) in [6, 6.07) is 6.13. The molecule has 1 aliphatic heterocycles. The summed E-state index contributed by atoms with van der Waals surface area (Å²) in [7, 11) is 0. The molecule has 0 saturated carbocycles. The fraction of sp³-hybridized carbons (Fsp3) is 0.333. The van der Waals surface area contributed by atoms with Crippen molar-refractivity contribution in [2.75, 3.05) is 6.61 Å². The van der Waals surface area contributed by atoms with Crippen LogP contribution in [0.4, 0.5) is 0 Å². The van der Waals surface area contributed by atoms with Crippen LogP contribution in [0.2, 0.25) is 0 Å². The van der Waals surface area contributed by atoms with E-state index in [1.54, 1.807) is 0 Å². The highest BCUT2D eigenvalue weighted by Crippen LogP contribution is 2.26. The van der Waals surface area contributed by atoms with Crippen molar-refractivity contribution in [1.29, 1.82) is 0 Å². The highest BCUT2D eigenvalue weighted by Gasteiger charge is 2.10. The SMILES string of the molecule is ClCc1ccc2c(c1)CCO2. The van der Waals surface area contributed by atoms with Gasteiger partial charge < -0.3 is 4.74 Å². The standard InChI is InChI=1S/C9H9ClO/c10-6-7-1-2-9-8(5-7)3-4-11-9/h1-2,5H,3-4,6H2. The number of halogens is 1. The van der Waals surface area contributed by atoms with Crippen molar-refractivity contribution >= 4 is 11.6 Å². The third kappa shape index (κ3) is 1.21. The van der Waals surface area contributed by atoms with Crippen LogP contribution in [0.3, 0.4) is 0 Å². The maximum atomic E-state index is 5.69. The molecule has 2 heteroatoms. The van der Waals surface area contributed by atoms with Crippen molar-refractivity contribution in [2.24, 2.45) is 0 Å². The molecule has 1 aliphatic rings. The summed E-state index contributed by atoms with van der Waals surface area (Å²) in [5, 5.41) is 0. The minimum absolute atomic E-state index is 0.591. The van der Waals surface area contributed by atoms with E-state index >= 15 is 0 Å². The highest BCUT2D eigenvalue weighted by molar-refractivity contribution is 6.17. The molecule has 58 valence electrons. The molecule has 0 unspecified atom stereocenters. The van der Waals surface area contributed by atoms with Gasteiger partial charge in [0.05, 0.1) is 6.61 Å². The third-order valence-corrected chi connectivity index (χ3v) is 2.22. The third-order valence-electron chi connectivity index (χ3n) is 1.91. The Balaban J connectivity index is 2.41. The van der Waals surface area contributed by atoms with Crippen LogP contribution in [0.15, 0.2) is 18.2 Å². The van der Waals surface area contributed by atoms with E-state index in [-0.39, 0.29) is 0 Å². The summed E-state index contributed by atoms with van der Waals surface area (Å²) in [6.45, 7) is 0.821. The molecule has 0 aliphatic carbocycles. The van der Waals surface area contributed by atoms with E-state index in [0.717, 1.165) is 18.8 Å². The molecule has 0 saturated heterocycles. The van der Waals surface area contributed by atoms with E-state index in [2.05, 4.69) is 6.07 Å². The number of rotatable bonds is 1. The minimum atomic E-state index is 0.591. The Morgan fingerprint density at radius 2 is 2.36 bits per heavy atom. The Morgan fingerprint density at radius 3 is 3.18 bits per heavy atom. The van der Waals surface area contributed by atoms with Crippen LogP contribution in [0.5, 0.6) is 5.75 Å². The molecule has 0 atom stereocenters. The van der Waals surface area contributed by atoms with Gasteiger partial charge in [0.1, 0.15) is 5.75 Å². The number of hydrogen-bond acceptors (Lipinski definition) is 1. The minimum Gasteiger partial charge on any atom is -0.493 e. The molecule has 1 aromatic rings. The molecule has 1 heterocycles. The summed E-state index contributed by atoms with van der Waals surface area (Å²) in [4.78, 5) is 0. The molecular weight excluding hydrogens is 160 g/mol. The molecule has 0 fully saturated rings. The first kappa shape index (κ1) is 6.99. The van der Waals surface area contributed by atoms with Crippen molar-refractivity contribution in [1.82, 2.24) is 0 Å². The topological polar surface area (TPSA) is 9.23 Å². The average molecular weight is 169 g/mol. The normalized spacial score (nSPS) is 14.3. The Bertz CT molecular complexity index is 270. The van der Waals surface area contributed by atoms with Crippen LogP contribution >= 0.6 is 11.6 Å². The molecule has 0 aromatic heterocycles. The van der Waals surface area contributed by atoms with E-state index in [0.29, 0.717) is 5.88 Å². The van der Waals surface area contributed by atoms with Crippen molar-refractivity contribution in [3.05, 3.63) is 29.3 Å². The van der Waals surface area contributed by atoms with Gasteiger partial charge >= 0.3 is 0 Å². The maximum Gasteiger partial charge on any atom is 0.122 e. The summed E-state index contributed by atoms with van der Waals surface area (Å²) in [5.41, 5.74) is 2.47. The van der Waals surface area contributed by atoms with Gasteiger partial charge in [0.2, 0.25) is 0 Å². The van der Waals surface area contributed by atoms with Gasteiger partial charge in [-0.3, -0.25) is 0 Å². The van der Waals surface area contributed by atoms with Gasteiger partial charge in [0.15, 0.2) is 0 Å². The monoisotopic (exact) mass is 168 g/mol. The average Bonchev–Trinajstić information content (AvgIpc) is 2.50. The molecule has 0 radical (unpaired) electrons. The van der Waals surface area contributed by atoms with Crippen molar-refractivity contribution in [2.45, 2.75) is 12.3 Å². The zero-order chi connectivity index (χ0) is 7.68. The molecule has 0 N–H and O–H groups in total. The predicted molar refractivity (Wildman–Crippen MR) is 45.2 cm³/mol. The zero-order valence-electron chi connectivity index (χ0n) is 6.14. The van der Waals surface area contributed by atoms with Gasteiger partial charge in [0.25, 0.3) is 0 Å². The second-order valence-corrected chi connectivity index (χ2v) is 2.94.